The molecule has 21 heavy (non-hydrogen) atoms. The van der Waals surface area contributed by atoms with E-state index in [1.54, 1.807) is 6.92 Å². The molecule has 1 heterocycles. The summed E-state index contributed by atoms with van der Waals surface area (Å²) in [6, 6.07) is 3.61. The van der Waals surface area contributed by atoms with E-state index in [-0.39, 0.29) is 9.77 Å². The molecule has 2 aromatic rings. The van der Waals surface area contributed by atoms with E-state index in [1.807, 2.05) is 0 Å². The van der Waals surface area contributed by atoms with Crippen LogP contribution in [0, 0.1) is 18.6 Å². The average Bonchev–Trinajstić information content (AvgIpc) is 2.74. The smallest absolute Gasteiger partial charge is 0.345 e. The minimum Gasteiger partial charge on any atom is -0.477 e. The van der Waals surface area contributed by atoms with Crippen LogP contribution >= 0.6 is 11.3 Å². The molecule has 112 valence electrons. The van der Waals surface area contributed by atoms with Crippen LogP contribution in [0.1, 0.15) is 20.1 Å². The van der Waals surface area contributed by atoms with Gasteiger partial charge >= 0.3 is 5.97 Å². The molecule has 0 aliphatic rings. The lowest BCUT2D eigenvalue weighted by Gasteiger charge is -2.04. The predicted molar refractivity (Wildman–Crippen MR) is 73.3 cm³/mol. The van der Waals surface area contributed by atoms with Gasteiger partial charge in [-0.15, -0.1) is 11.3 Å². The molecule has 0 amide bonds. The van der Waals surface area contributed by atoms with Gasteiger partial charge in [0.15, 0.2) is 21.5 Å². The van der Waals surface area contributed by atoms with Crippen molar-refractivity contribution in [1.29, 1.82) is 0 Å². The van der Waals surface area contributed by atoms with E-state index in [0.29, 0.717) is 16.5 Å². The summed E-state index contributed by atoms with van der Waals surface area (Å²) in [7, 11) is -3.88. The molecule has 0 fully saturated rings. The number of carbonyl (C=O) groups is 1. The number of carboxylic acids is 1. The van der Waals surface area contributed by atoms with Gasteiger partial charge < -0.3 is 5.11 Å². The summed E-state index contributed by atoms with van der Waals surface area (Å²) < 4.78 is 50.3. The molecule has 0 aliphatic carbocycles. The Morgan fingerprint density at radius 3 is 2.43 bits per heavy atom. The minimum absolute atomic E-state index is 0.0305. The second kappa shape index (κ2) is 5.53. The number of sulfone groups is 1. The van der Waals surface area contributed by atoms with Gasteiger partial charge in [-0.1, -0.05) is 0 Å². The molecule has 1 aromatic heterocycles. The van der Waals surface area contributed by atoms with Crippen molar-refractivity contribution in [1.82, 2.24) is 0 Å². The summed E-state index contributed by atoms with van der Waals surface area (Å²) >= 11 is 0.966. The van der Waals surface area contributed by atoms with E-state index < -0.39 is 33.2 Å². The Morgan fingerprint density at radius 1 is 1.24 bits per heavy atom. The Kier molecular flexibility index (Phi) is 4.11. The third kappa shape index (κ3) is 3.27. The lowest BCUT2D eigenvalue weighted by Crippen LogP contribution is -2.06. The predicted octanol–water partition coefficient (Wildman–Crippen LogP) is 3.01. The van der Waals surface area contributed by atoms with Crippen molar-refractivity contribution < 1.29 is 27.1 Å². The number of hydrogen-bond donors (Lipinski definition) is 1. The van der Waals surface area contributed by atoms with Gasteiger partial charge in [-0.2, -0.15) is 0 Å². The van der Waals surface area contributed by atoms with Crippen LogP contribution in [-0.4, -0.2) is 19.5 Å². The molecule has 1 aromatic carbocycles. The number of carboxylic acid groups (broad SMARTS) is 1. The zero-order valence-corrected chi connectivity index (χ0v) is 12.4. The third-order valence-electron chi connectivity index (χ3n) is 2.83. The van der Waals surface area contributed by atoms with Crippen LogP contribution in [0.25, 0.3) is 0 Å². The summed E-state index contributed by atoms with van der Waals surface area (Å²) in [5, 5.41) is 8.87. The first kappa shape index (κ1) is 15.6. The molecule has 0 saturated carbocycles. The van der Waals surface area contributed by atoms with Gasteiger partial charge in [0.05, 0.1) is 10.6 Å². The number of thiophene rings is 1. The maximum absolute atomic E-state index is 13.1. The van der Waals surface area contributed by atoms with E-state index in [4.69, 9.17) is 5.11 Å². The average molecular weight is 332 g/mol. The molecule has 0 atom stereocenters. The van der Waals surface area contributed by atoms with Crippen molar-refractivity contribution >= 4 is 27.1 Å². The first-order valence-electron chi connectivity index (χ1n) is 5.71. The highest BCUT2D eigenvalue weighted by Crippen LogP contribution is 2.26. The van der Waals surface area contributed by atoms with E-state index in [2.05, 4.69) is 0 Å². The molecule has 0 aliphatic heterocycles. The van der Waals surface area contributed by atoms with Crippen molar-refractivity contribution in [3.63, 3.8) is 0 Å². The number of hydrogen-bond acceptors (Lipinski definition) is 4. The minimum atomic E-state index is -3.88. The molecule has 4 nitrogen and oxygen atoms in total. The maximum atomic E-state index is 13.1. The SMILES string of the molecule is Cc1sc(C(=O)O)cc1CS(=O)(=O)c1ccc(F)c(F)c1. The van der Waals surface area contributed by atoms with Crippen LogP contribution < -0.4 is 0 Å². The lowest BCUT2D eigenvalue weighted by atomic mass is 10.3. The van der Waals surface area contributed by atoms with Crippen molar-refractivity contribution in [2.45, 2.75) is 17.6 Å². The molecule has 8 heteroatoms. The van der Waals surface area contributed by atoms with E-state index in [0.717, 1.165) is 23.5 Å². The highest BCUT2D eigenvalue weighted by Gasteiger charge is 2.21. The summed E-state index contributed by atoms with van der Waals surface area (Å²) in [5.74, 6) is -3.98. The standard InChI is InChI=1S/C13H10F2O4S2/c1-7-8(4-12(20-7)13(16)17)6-21(18,19)9-2-3-10(14)11(15)5-9/h2-5H,6H2,1H3,(H,16,17). The molecular formula is C13H10F2O4S2. The topological polar surface area (TPSA) is 71.4 Å². The van der Waals surface area contributed by atoms with Crippen molar-refractivity contribution in [3.8, 4) is 0 Å². The Balaban J connectivity index is 2.37. The van der Waals surface area contributed by atoms with Gasteiger partial charge in [-0.05, 0) is 36.8 Å². The zero-order valence-electron chi connectivity index (χ0n) is 10.8. The third-order valence-corrected chi connectivity index (χ3v) is 5.57. The lowest BCUT2D eigenvalue weighted by molar-refractivity contribution is 0.0702. The summed E-state index contributed by atoms with van der Waals surface area (Å²) in [6.45, 7) is 1.60. The number of aromatic carboxylic acids is 1. The fraction of sp³-hybridized carbons (Fsp3) is 0.154. The van der Waals surface area contributed by atoms with Crippen LogP contribution in [0.2, 0.25) is 0 Å². The molecule has 0 bridgehead atoms. The number of rotatable bonds is 4. The van der Waals surface area contributed by atoms with Gasteiger partial charge in [0.2, 0.25) is 0 Å². The van der Waals surface area contributed by atoms with Crippen LogP contribution in [-0.2, 0) is 15.6 Å². The van der Waals surface area contributed by atoms with Gasteiger partial charge in [0, 0.05) is 4.88 Å². The second-order valence-electron chi connectivity index (χ2n) is 4.33. The van der Waals surface area contributed by atoms with E-state index in [9.17, 15) is 22.0 Å². The molecule has 0 radical (unpaired) electrons. The van der Waals surface area contributed by atoms with Crippen LogP contribution in [0.3, 0.4) is 0 Å². The molecule has 0 spiro atoms. The summed E-state index contributed by atoms with van der Waals surface area (Å²) in [5.41, 5.74) is 0.335. The van der Waals surface area contributed by atoms with Crippen molar-refractivity contribution in [3.05, 3.63) is 51.2 Å². The first-order valence-corrected chi connectivity index (χ1v) is 8.18. The summed E-state index contributed by atoms with van der Waals surface area (Å²) in [4.78, 5) is 11.1. The van der Waals surface area contributed by atoms with E-state index >= 15 is 0 Å². The Labute approximate surface area is 123 Å². The highest BCUT2D eigenvalue weighted by molar-refractivity contribution is 7.90. The molecule has 0 unspecified atom stereocenters. The fourth-order valence-electron chi connectivity index (χ4n) is 1.73. The Morgan fingerprint density at radius 2 is 1.90 bits per heavy atom. The normalized spacial score (nSPS) is 11.6. The van der Waals surface area contributed by atoms with Crippen LogP contribution in [0.5, 0.6) is 0 Å². The zero-order chi connectivity index (χ0) is 15.8. The molecular weight excluding hydrogens is 322 g/mol. The van der Waals surface area contributed by atoms with Gasteiger partial charge in [-0.25, -0.2) is 22.0 Å². The maximum Gasteiger partial charge on any atom is 0.345 e. The van der Waals surface area contributed by atoms with Crippen LogP contribution in [0.4, 0.5) is 8.78 Å². The molecule has 2 rings (SSSR count). The Bertz CT molecular complexity index is 810. The molecule has 1 N–H and O–H groups in total. The highest BCUT2D eigenvalue weighted by atomic mass is 32.2. The fourth-order valence-corrected chi connectivity index (χ4v) is 4.13. The first-order chi connectivity index (χ1) is 9.70. The van der Waals surface area contributed by atoms with Gasteiger partial charge in [-0.3, -0.25) is 0 Å². The van der Waals surface area contributed by atoms with Crippen molar-refractivity contribution in [2.24, 2.45) is 0 Å². The largest absolute Gasteiger partial charge is 0.477 e. The van der Waals surface area contributed by atoms with Gasteiger partial charge in [0.1, 0.15) is 4.88 Å². The molecule has 0 saturated heterocycles. The van der Waals surface area contributed by atoms with Crippen molar-refractivity contribution in [2.75, 3.05) is 0 Å². The number of benzene rings is 1. The number of halogens is 2. The van der Waals surface area contributed by atoms with Gasteiger partial charge in [0.25, 0.3) is 0 Å². The number of aryl methyl sites for hydroxylation is 1. The summed E-state index contributed by atoms with van der Waals surface area (Å²) in [6.07, 6.45) is 0. The monoisotopic (exact) mass is 332 g/mol. The Hall–Kier alpha value is -1.80. The van der Waals surface area contributed by atoms with E-state index in [1.165, 1.54) is 6.07 Å². The van der Waals surface area contributed by atoms with Crippen LogP contribution in [0.15, 0.2) is 29.2 Å². The quantitative estimate of drug-likeness (QED) is 0.874. The second-order valence-corrected chi connectivity index (χ2v) is 7.58.